The van der Waals surface area contributed by atoms with Crippen molar-refractivity contribution < 1.29 is 0 Å². The van der Waals surface area contributed by atoms with Crippen LogP contribution in [-0.2, 0) is 6.54 Å². The standard InChI is InChI=1S/C11H23N5/c1-4-6-7-8-9-16-11(13-14-15-16)10(3)12-5-2/h10,12H,4-9H2,1-3H3. The molecule has 1 heterocycles. The van der Waals surface area contributed by atoms with Crippen LogP contribution in [-0.4, -0.2) is 26.8 Å². The summed E-state index contributed by atoms with van der Waals surface area (Å²) in [5.74, 6) is 0.943. The van der Waals surface area contributed by atoms with E-state index >= 15 is 0 Å². The first-order valence-electron chi connectivity index (χ1n) is 6.29. The van der Waals surface area contributed by atoms with Crippen LogP contribution in [0, 0.1) is 0 Å². The molecule has 1 unspecified atom stereocenters. The van der Waals surface area contributed by atoms with Crippen molar-refractivity contribution in [1.82, 2.24) is 25.5 Å². The first-order valence-corrected chi connectivity index (χ1v) is 6.29. The Morgan fingerprint density at radius 3 is 2.75 bits per heavy atom. The summed E-state index contributed by atoms with van der Waals surface area (Å²) >= 11 is 0. The summed E-state index contributed by atoms with van der Waals surface area (Å²) in [6, 6.07) is 0.228. The summed E-state index contributed by atoms with van der Waals surface area (Å²) < 4.78 is 1.92. The molecule has 5 heteroatoms. The molecule has 5 nitrogen and oxygen atoms in total. The Morgan fingerprint density at radius 2 is 2.06 bits per heavy atom. The van der Waals surface area contributed by atoms with Crippen LogP contribution in [0.3, 0.4) is 0 Å². The lowest BCUT2D eigenvalue weighted by Crippen LogP contribution is -2.22. The van der Waals surface area contributed by atoms with E-state index in [1.807, 2.05) is 4.68 Å². The normalized spacial score (nSPS) is 12.9. The lowest BCUT2D eigenvalue weighted by molar-refractivity contribution is 0.472. The highest BCUT2D eigenvalue weighted by atomic mass is 15.5. The quantitative estimate of drug-likeness (QED) is 0.687. The van der Waals surface area contributed by atoms with Crippen LogP contribution in [0.1, 0.15) is 58.3 Å². The monoisotopic (exact) mass is 225 g/mol. The Morgan fingerprint density at radius 1 is 1.25 bits per heavy atom. The first kappa shape index (κ1) is 13.1. The molecule has 1 atom stereocenters. The SMILES string of the molecule is CCCCCCn1nnnc1C(C)NCC. The molecule has 0 amide bonds. The largest absolute Gasteiger partial charge is 0.308 e. The number of aryl methyl sites for hydroxylation is 1. The Kier molecular flexibility index (Phi) is 6.00. The molecule has 92 valence electrons. The fraction of sp³-hybridized carbons (Fsp3) is 0.909. The number of unbranched alkanes of at least 4 members (excludes halogenated alkanes) is 3. The van der Waals surface area contributed by atoms with E-state index in [1.54, 1.807) is 0 Å². The third-order valence-electron chi connectivity index (χ3n) is 2.68. The maximum Gasteiger partial charge on any atom is 0.167 e. The van der Waals surface area contributed by atoms with Crippen molar-refractivity contribution in [2.75, 3.05) is 6.54 Å². The number of nitrogens with zero attached hydrogens (tertiary/aromatic N) is 4. The highest BCUT2D eigenvalue weighted by molar-refractivity contribution is 4.89. The number of aromatic nitrogens is 4. The summed E-state index contributed by atoms with van der Waals surface area (Å²) in [6.07, 6.45) is 4.96. The van der Waals surface area contributed by atoms with Crippen LogP contribution in [0.5, 0.6) is 0 Å². The number of tetrazole rings is 1. The Hall–Kier alpha value is -0.970. The average molecular weight is 225 g/mol. The number of nitrogens with one attached hydrogen (secondary N) is 1. The van der Waals surface area contributed by atoms with E-state index in [1.165, 1.54) is 19.3 Å². The van der Waals surface area contributed by atoms with Crippen molar-refractivity contribution >= 4 is 0 Å². The molecule has 1 rings (SSSR count). The Balaban J connectivity index is 2.43. The third-order valence-corrected chi connectivity index (χ3v) is 2.68. The molecule has 0 aliphatic heterocycles. The molecule has 1 aromatic rings. The molecule has 0 aromatic carbocycles. The van der Waals surface area contributed by atoms with Crippen LogP contribution < -0.4 is 5.32 Å². The average Bonchev–Trinajstić information content (AvgIpc) is 2.73. The van der Waals surface area contributed by atoms with Crippen molar-refractivity contribution in [3.05, 3.63) is 5.82 Å². The van der Waals surface area contributed by atoms with Crippen LogP contribution in [0.15, 0.2) is 0 Å². The topological polar surface area (TPSA) is 55.6 Å². The van der Waals surface area contributed by atoms with E-state index in [4.69, 9.17) is 0 Å². The van der Waals surface area contributed by atoms with E-state index in [9.17, 15) is 0 Å². The van der Waals surface area contributed by atoms with Crippen LogP contribution >= 0.6 is 0 Å². The van der Waals surface area contributed by atoms with Gasteiger partial charge in [0.15, 0.2) is 5.82 Å². The number of rotatable bonds is 8. The molecule has 0 fully saturated rings. The Labute approximate surface area is 97.6 Å². The molecule has 0 aliphatic carbocycles. The first-order chi connectivity index (χ1) is 7.79. The van der Waals surface area contributed by atoms with E-state index in [-0.39, 0.29) is 6.04 Å². The van der Waals surface area contributed by atoms with Crippen LogP contribution in [0.4, 0.5) is 0 Å². The number of hydrogen-bond donors (Lipinski definition) is 1. The zero-order valence-corrected chi connectivity index (χ0v) is 10.6. The summed E-state index contributed by atoms with van der Waals surface area (Å²) in [5.41, 5.74) is 0. The van der Waals surface area contributed by atoms with Crippen molar-refractivity contribution in [3.8, 4) is 0 Å². The fourth-order valence-electron chi connectivity index (χ4n) is 1.77. The van der Waals surface area contributed by atoms with Gasteiger partial charge in [-0.15, -0.1) is 5.10 Å². The molecular formula is C11H23N5. The van der Waals surface area contributed by atoms with E-state index < -0.39 is 0 Å². The molecule has 0 radical (unpaired) electrons. The van der Waals surface area contributed by atoms with Gasteiger partial charge in [-0.1, -0.05) is 33.1 Å². The molecular weight excluding hydrogens is 202 g/mol. The summed E-state index contributed by atoms with van der Waals surface area (Å²) in [7, 11) is 0. The van der Waals surface area contributed by atoms with Gasteiger partial charge in [-0.05, 0) is 30.3 Å². The van der Waals surface area contributed by atoms with Gasteiger partial charge in [0.05, 0.1) is 6.04 Å². The zero-order chi connectivity index (χ0) is 11.8. The van der Waals surface area contributed by atoms with Crippen molar-refractivity contribution in [3.63, 3.8) is 0 Å². The summed E-state index contributed by atoms with van der Waals surface area (Å²) in [5, 5.41) is 15.2. The zero-order valence-electron chi connectivity index (χ0n) is 10.6. The van der Waals surface area contributed by atoms with E-state index in [0.29, 0.717) is 0 Å². The molecule has 1 N–H and O–H groups in total. The van der Waals surface area contributed by atoms with Gasteiger partial charge in [-0.2, -0.15) is 0 Å². The molecule has 0 saturated heterocycles. The minimum atomic E-state index is 0.228. The van der Waals surface area contributed by atoms with Crippen molar-refractivity contribution in [2.45, 2.75) is 59.0 Å². The predicted molar refractivity (Wildman–Crippen MR) is 64.1 cm³/mol. The molecule has 16 heavy (non-hydrogen) atoms. The van der Waals surface area contributed by atoms with Crippen LogP contribution in [0.2, 0.25) is 0 Å². The maximum absolute atomic E-state index is 4.07. The van der Waals surface area contributed by atoms with Gasteiger partial charge >= 0.3 is 0 Å². The second-order valence-electron chi connectivity index (χ2n) is 4.10. The third kappa shape index (κ3) is 3.89. The Bertz CT molecular complexity index is 284. The molecule has 0 saturated carbocycles. The van der Waals surface area contributed by atoms with Crippen molar-refractivity contribution in [2.24, 2.45) is 0 Å². The summed E-state index contributed by atoms with van der Waals surface area (Å²) in [6.45, 7) is 8.27. The van der Waals surface area contributed by atoms with E-state index in [2.05, 4.69) is 41.6 Å². The van der Waals surface area contributed by atoms with Gasteiger partial charge in [0.25, 0.3) is 0 Å². The highest BCUT2D eigenvalue weighted by Gasteiger charge is 2.12. The molecule has 1 aromatic heterocycles. The highest BCUT2D eigenvalue weighted by Crippen LogP contribution is 2.08. The van der Waals surface area contributed by atoms with Gasteiger partial charge in [-0.3, -0.25) is 0 Å². The van der Waals surface area contributed by atoms with Gasteiger partial charge in [-0.25, -0.2) is 4.68 Å². The second kappa shape index (κ2) is 7.33. The molecule has 0 aliphatic rings. The second-order valence-corrected chi connectivity index (χ2v) is 4.10. The smallest absolute Gasteiger partial charge is 0.167 e. The van der Waals surface area contributed by atoms with Gasteiger partial charge in [0.1, 0.15) is 0 Å². The fourth-order valence-corrected chi connectivity index (χ4v) is 1.77. The minimum Gasteiger partial charge on any atom is -0.308 e. The molecule has 0 bridgehead atoms. The van der Waals surface area contributed by atoms with Crippen molar-refractivity contribution in [1.29, 1.82) is 0 Å². The minimum absolute atomic E-state index is 0.228. The van der Waals surface area contributed by atoms with Gasteiger partial charge in [0.2, 0.25) is 0 Å². The van der Waals surface area contributed by atoms with E-state index in [0.717, 1.165) is 25.3 Å². The van der Waals surface area contributed by atoms with Gasteiger partial charge in [0, 0.05) is 6.54 Å². The van der Waals surface area contributed by atoms with Crippen LogP contribution in [0.25, 0.3) is 0 Å². The predicted octanol–water partition coefficient (Wildman–Crippen LogP) is 1.92. The molecule has 0 spiro atoms. The van der Waals surface area contributed by atoms with Gasteiger partial charge < -0.3 is 5.32 Å². The summed E-state index contributed by atoms with van der Waals surface area (Å²) in [4.78, 5) is 0. The number of hydrogen-bond acceptors (Lipinski definition) is 4. The maximum atomic E-state index is 4.07. The lowest BCUT2D eigenvalue weighted by Gasteiger charge is -2.11. The lowest BCUT2D eigenvalue weighted by atomic mass is 10.2.